The van der Waals surface area contributed by atoms with Gasteiger partial charge in [-0.15, -0.1) is 24.0 Å². The summed E-state index contributed by atoms with van der Waals surface area (Å²) in [6.07, 6.45) is 5.95. The van der Waals surface area contributed by atoms with Crippen LogP contribution in [0.4, 0.5) is 0 Å². The van der Waals surface area contributed by atoms with E-state index in [1.807, 2.05) is 20.8 Å². The summed E-state index contributed by atoms with van der Waals surface area (Å²) >= 11 is 0. The lowest BCUT2D eigenvalue weighted by atomic mass is 9.85. The van der Waals surface area contributed by atoms with Gasteiger partial charge in [-0.25, -0.2) is 0 Å². The van der Waals surface area contributed by atoms with Gasteiger partial charge in [-0.2, -0.15) is 0 Å². The van der Waals surface area contributed by atoms with E-state index in [0.29, 0.717) is 25.6 Å². The van der Waals surface area contributed by atoms with Crippen LogP contribution in [0.25, 0.3) is 0 Å². The Kier molecular flexibility index (Phi) is 7.20. The Morgan fingerprint density at radius 1 is 1.20 bits per heavy atom. The zero-order chi connectivity index (χ0) is 20.5. The van der Waals surface area contributed by atoms with Crippen LogP contribution in [0.15, 0.2) is 21.7 Å². The minimum absolute atomic E-state index is 0. The van der Waals surface area contributed by atoms with Crippen LogP contribution in [0.1, 0.15) is 30.4 Å². The van der Waals surface area contributed by atoms with Crippen molar-refractivity contribution in [1.82, 2.24) is 20.7 Å². The molecule has 4 rings (SSSR count). The highest BCUT2D eigenvalue weighted by Gasteiger charge is 2.58. The SMILES string of the molecule is CCNC(=NCCc1c(C)noc1C)NCCN1C(=O)C2C3C=CC(C3)C2C1=O.I. The molecule has 3 aliphatic rings. The van der Waals surface area contributed by atoms with Crippen LogP contribution < -0.4 is 10.6 Å². The molecule has 1 aliphatic heterocycles. The summed E-state index contributed by atoms with van der Waals surface area (Å²) in [6, 6.07) is 0. The van der Waals surface area contributed by atoms with Crippen LogP contribution in [-0.4, -0.2) is 54.0 Å². The number of hydrogen-bond acceptors (Lipinski definition) is 5. The van der Waals surface area contributed by atoms with Gasteiger partial charge in [-0.3, -0.25) is 19.5 Å². The number of carbonyl (C=O) groups is 2. The third-order valence-electron chi connectivity index (χ3n) is 6.35. The number of allylic oxidation sites excluding steroid dienone is 2. The largest absolute Gasteiger partial charge is 0.361 e. The number of hydrogen-bond donors (Lipinski definition) is 2. The average molecular weight is 527 g/mol. The molecule has 1 saturated heterocycles. The molecular formula is C21H30IN5O3. The van der Waals surface area contributed by atoms with Crippen LogP contribution >= 0.6 is 24.0 Å². The molecule has 2 bridgehead atoms. The van der Waals surface area contributed by atoms with Gasteiger partial charge in [0.1, 0.15) is 5.76 Å². The fraction of sp³-hybridized carbons (Fsp3) is 0.619. The van der Waals surface area contributed by atoms with Crippen LogP contribution in [0.2, 0.25) is 0 Å². The second kappa shape index (κ2) is 9.49. The zero-order valence-corrected chi connectivity index (χ0v) is 20.0. The summed E-state index contributed by atoms with van der Waals surface area (Å²) in [5.74, 6) is 1.75. The van der Waals surface area contributed by atoms with Crippen molar-refractivity contribution in [3.8, 4) is 0 Å². The molecule has 0 radical (unpaired) electrons. The van der Waals surface area contributed by atoms with Gasteiger partial charge in [0.05, 0.1) is 17.5 Å². The molecule has 1 saturated carbocycles. The number of nitrogens with zero attached hydrogens (tertiary/aromatic N) is 3. The number of guanidine groups is 1. The van der Waals surface area contributed by atoms with Gasteiger partial charge in [-0.05, 0) is 45.4 Å². The number of aliphatic imine (C=N–C) groups is 1. The van der Waals surface area contributed by atoms with Gasteiger partial charge in [-0.1, -0.05) is 17.3 Å². The highest BCUT2D eigenvalue weighted by Crippen LogP contribution is 2.52. The summed E-state index contributed by atoms with van der Waals surface area (Å²) in [4.78, 5) is 31.5. The normalized spacial score (nSPS) is 26.9. The fourth-order valence-corrected chi connectivity index (χ4v) is 4.95. The third-order valence-corrected chi connectivity index (χ3v) is 6.35. The second-order valence-electron chi connectivity index (χ2n) is 8.07. The van der Waals surface area contributed by atoms with Crippen molar-refractivity contribution < 1.29 is 14.1 Å². The van der Waals surface area contributed by atoms with Crippen molar-refractivity contribution in [3.63, 3.8) is 0 Å². The van der Waals surface area contributed by atoms with Crippen molar-refractivity contribution in [3.05, 3.63) is 29.2 Å². The Morgan fingerprint density at radius 3 is 2.43 bits per heavy atom. The van der Waals surface area contributed by atoms with Gasteiger partial charge in [0, 0.05) is 31.7 Å². The monoisotopic (exact) mass is 527 g/mol. The highest BCUT2D eigenvalue weighted by atomic mass is 127. The van der Waals surface area contributed by atoms with E-state index in [9.17, 15) is 9.59 Å². The summed E-state index contributed by atoms with van der Waals surface area (Å²) in [7, 11) is 0. The summed E-state index contributed by atoms with van der Waals surface area (Å²) in [5.41, 5.74) is 1.99. The molecule has 2 amide bonds. The van der Waals surface area contributed by atoms with Crippen molar-refractivity contribution in [1.29, 1.82) is 0 Å². The van der Waals surface area contributed by atoms with E-state index in [2.05, 4.69) is 32.9 Å². The lowest BCUT2D eigenvalue weighted by Crippen LogP contribution is -2.43. The standard InChI is InChI=1S/C21H29N5O3.HI/c1-4-22-21(23-8-7-16-12(2)25-29-13(16)3)24-9-10-26-19(27)17-14-5-6-15(11-14)18(17)20(26)28;/h5-6,14-15,17-18H,4,7-11H2,1-3H3,(H2,22,23,24);1H. The van der Waals surface area contributed by atoms with Gasteiger partial charge in [0.15, 0.2) is 5.96 Å². The molecule has 30 heavy (non-hydrogen) atoms. The first-order valence-electron chi connectivity index (χ1n) is 10.5. The number of aryl methyl sites for hydroxylation is 2. The minimum Gasteiger partial charge on any atom is -0.361 e. The van der Waals surface area contributed by atoms with Crippen molar-refractivity contribution in [2.24, 2.45) is 28.7 Å². The molecule has 2 aliphatic carbocycles. The maximum atomic E-state index is 12.7. The zero-order valence-electron chi connectivity index (χ0n) is 17.7. The number of halogens is 1. The molecule has 9 heteroatoms. The van der Waals surface area contributed by atoms with Crippen LogP contribution in [0.5, 0.6) is 0 Å². The predicted octanol–water partition coefficient (Wildman–Crippen LogP) is 1.81. The molecule has 2 fully saturated rings. The molecule has 8 nitrogen and oxygen atoms in total. The fourth-order valence-electron chi connectivity index (χ4n) is 4.95. The van der Waals surface area contributed by atoms with E-state index >= 15 is 0 Å². The number of imide groups is 1. The smallest absolute Gasteiger partial charge is 0.233 e. The van der Waals surface area contributed by atoms with Crippen LogP contribution in [0, 0.1) is 37.5 Å². The van der Waals surface area contributed by atoms with E-state index < -0.39 is 0 Å². The maximum Gasteiger partial charge on any atom is 0.233 e. The summed E-state index contributed by atoms with van der Waals surface area (Å²) in [6.45, 7) is 8.03. The van der Waals surface area contributed by atoms with Gasteiger partial charge in [0.25, 0.3) is 0 Å². The Balaban J connectivity index is 0.00000256. The van der Waals surface area contributed by atoms with Crippen molar-refractivity contribution >= 4 is 41.8 Å². The number of aromatic nitrogens is 1. The molecule has 1 aromatic rings. The Hall–Kier alpha value is -1.91. The lowest BCUT2D eigenvalue weighted by molar-refractivity contribution is -0.140. The highest BCUT2D eigenvalue weighted by molar-refractivity contribution is 14.0. The Morgan fingerprint density at radius 2 is 1.87 bits per heavy atom. The minimum atomic E-state index is -0.130. The molecular weight excluding hydrogens is 497 g/mol. The summed E-state index contributed by atoms with van der Waals surface area (Å²) in [5, 5.41) is 10.4. The van der Waals surface area contributed by atoms with E-state index in [0.717, 1.165) is 36.4 Å². The maximum absolute atomic E-state index is 12.7. The molecule has 4 atom stereocenters. The van der Waals surface area contributed by atoms with E-state index in [1.165, 1.54) is 4.90 Å². The second-order valence-corrected chi connectivity index (χ2v) is 8.07. The number of likely N-dealkylation sites (tertiary alicyclic amines) is 1. The number of rotatable bonds is 7. The molecule has 2 N–H and O–H groups in total. The van der Waals surface area contributed by atoms with E-state index in [-0.39, 0.29) is 59.5 Å². The molecule has 2 heterocycles. The Bertz CT molecular complexity index is 815. The first kappa shape index (κ1) is 22.8. The number of fused-ring (bicyclic) bond motifs is 5. The van der Waals surface area contributed by atoms with Crippen LogP contribution in [-0.2, 0) is 16.0 Å². The topological polar surface area (TPSA) is 99.8 Å². The molecule has 1 aromatic heterocycles. The summed E-state index contributed by atoms with van der Waals surface area (Å²) < 4.78 is 5.19. The molecule has 0 spiro atoms. The first-order chi connectivity index (χ1) is 14.0. The van der Waals surface area contributed by atoms with Crippen molar-refractivity contribution in [2.45, 2.75) is 33.6 Å². The number of carbonyl (C=O) groups excluding carboxylic acids is 2. The average Bonchev–Trinajstić information content (AvgIpc) is 3.44. The molecule has 4 unspecified atom stereocenters. The number of nitrogens with one attached hydrogen (secondary N) is 2. The van der Waals surface area contributed by atoms with Gasteiger partial charge in [0.2, 0.25) is 11.8 Å². The van der Waals surface area contributed by atoms with E-state index in [1.54, 1.807) is 0 Å². The molecule has 0 aromatic carbocycles. The molecule has 164 valence electrons. The lowest BCUT2D eigenvalue weighted by Gasteiger charge is -2.18. The first-order valence-corrected chi connectivity index (χ1v) is 10.5. The quantitative estimate of drug-likeness (QED) is 0.185. The van der Waals surface area contributed by atoms with Crippen molar-refractivity contribution in [2.75, 3.05) is 26.2 Å². The Labute approximate surface area is 193 Å². The van der Waals surface area contributed by atoms with Gasteiger partial charge >= 0.3 is 0 Å². The van der Waals surface area contributed by atoms with Gasteiger partial charge < -0.3 is 15.2 Å². The van der Waals surface area contributed by atoms with E-state index in [4.69, 9.17) is 4.52 Å². The number of amides is 2. The third kappa shape index (κ3) is 4.13. The predicted molar refractivity (Wildman–Crippen MR) is 124 cm³/mol. The van der Waals surface area contributed by atoms with Crippen LogP contribution in [0.3, 0.4) is 0 Å².